The average molecular weight is 532 g/mol. The summed E-state index contributed by atoms with van der Waals surface area (Å²) in [4.78, 5) is 17.2. The minimum atomic E-state index is 0.648. The molecule has 5 heterocycles. The molecule has 0 bridgehead atoms. The molecule has 0 fully saturated rings. The quantitative estimate of drug-likeness (QED) is 0.223. The average Bonchev–Trinajstić information content (AvgIpc) is 3.82. The van der Waals surface area contributed by atoms with Gasteiger partial charge in [0.15, 0.2) is 24.3 Å². The molecule has 8 aromatic rings. The summed E-state index contributed by atoms with van der Waals surface area (Å²) in [5, 5.41) is 2.37. The molecule has 0 atom stereocenters. The molecule has 0 amide bonds. The van der Waals surface area contributed by atoms with Gasteiger partial charge in [-0.05, 0) is 47.5 Å². The van der Waals surface area contributed by atoms with Gasteiger partial charge < -0.3 is 13.4 Å². The summed E-state index contributed by atoms with van der Waals surface area (Å²) in [5.74, 6) is 1.30. The van der Waals surface area contributed by atoms with Gasteiger partial charge in [0, 0.05) is 40.0 Å². The molecule has 0 aliphatic carbocycles. The molecule has 0 unspecified atom stereocenters. The second-order valence-corrected chi connectivity index (χ2v) is 9.73. The number of fused-ring (bicyclic) bond motifs is 3. The van der Waals surface area contributed by atoms with Gasteiger partial charge in [0.2, 0.25) is 0 Å². The fourth-order valence-electron chi connectivity index (χ4n) is 5.34. The summed E-state index contributed by atoms with van der Waals surface area (Å²) in [7, 11) is 0. The number of hydrogen-bond acceptors (Lipinski definition) is 6. The van der Waals surface area contributed by atoms with E-state index >= 15 is 0 Å². The second kappa shape index (κ2) is 9.43. The van der Waals surface area contributed by atoms with Gasteiger partial charge in [-0.1, -0.05) is 54.6 Å². The van der Waals surface area contributed by atoms with Gasteiger partial charge >= 0.3 is 0 Å². The van der Waals surface area contributed by atoms with Crippen molar-refractivity contribution in [3.05, 3.63) is 129 Å². The van der Waals surface area contributed by atoms with Crippen LogP contribution in [0.1, 0.15) is 0 Å². The Hall–Kier alpha value is -5.82. The van der Waals surface area contributed by atoms with E-state index in [9.17, 15) is 0 Å². The molecular weight excluding hydrogens is 510 g/mol. The van der Waals surface area contributed by atoms with E-state index in [1.807, 2.05) is 30.6 Å². The van der Waals surface area contributed by atoms with Gasteiger partial charge in [-0.3, -0.25) is 9.97 Å². The Balaban J connectivity index is 1.27. The van der Waals surface area contributed by atoms with E-state index in [0.29, 0.717) is 11.5 Å². The van der Waals surface area contributed by atoms with Crippen molar-refractivity contribution in [1.82, 2.24) is 24.5 Å². The molecule has 0 radical (unpaired) electrons. The zero-order valence-electron chi connectivity index (χ0n) is 21.7. The molecule has 0 spiro atoms. The third-order valence-electron chi connectivity index (χ3n) is 7.35. The van der Waals surface area contributed by atoms with Gasteiger partial charge in [-0.15, -0.1) is 0 Å². The highest BCUT2D eigenvalue weighted by molar-refractivity contribution is 6.11. The first-order valence-corrected chi connectivity index (χ1v) is 13.2. The smallest absolute Gasteiger partial charge is 0.181 e. The highest BCUT2D eigenvalue weighted by atomic mass is 16.3. The van der Waals surface area contributed by atoms with E-state index < -0.39 is 0 Å². The molecule has 7 heteroatoms. The van der Waals surface area contributed by atoms with Gasteiger partial charge in [-0.25, -0.2) is 9.97 Å². The van der Waals surface area contributed by atoms with Crippen LogP contribution in [0.5, 0.6) is 0 Å². The summed E-state index contributed by atoms with van der Waals surface area (Å²) in [6, 6.07) is 31.7. The molecule has 7 nitrogen and oxygen atoms in total. The van der Waals surface area contributed by atoms with E-state index in [1.165, 1.54) is 23.6 Å². The van der Waals surface area contributed by atoms with Crippen molar-refractivity contribution in [3.8, 4) is 50.8 Å². The van der Waals surface area contributed by atoms with Crippen LogP contribution in [0, 0.1) is 0 Å². The fourth-order valence-corrected chi connectivity index (χ4v) is 5.34. The minimum Gasteiger partial charge on any atom is -0.442 e. The summed E-state index contributed by atoms with van der Waals surface area (Å²) in [6.45, 7) is 0. The first-order valence-electron chi connectivity index (χ1n) is 13.2. The number of pyridine rings is 2. The molecule has 0 N–H and O–H groups in total. The highest BCUT2D eigenvalue weighted by Crippen LogP contribution is 2.37. The van der Waals surface area contributed by atoms with Crippen LogP contribution in [0.2, 0.25) is 0 Å². The topological polar surface area (TPSA) is 82.8 Å². The van der Waals surface area contributed by atoms with Crippen LogP contribution in [-0.2, 0) is 0 Å². The zero-order chi connectivity index (χ0) is 27.2. The monoisotopic (exact) mass is 531 g/mol. The molecule has 0 aliphatic heterocycles. The number of oxazole rings is 2. The lowest BCUT2D eigenvalue weighted by molar-refractivity contribution is 0.569. The van der Waals surface area contributed by atoms with Gasteiger partial charge in [0.05, 0.1) is 23.4 Å². The van der Waals surface area contributed by atoms with Crippen molar-refractivity contribution in [2.45, 2.75) is 0 Å². The Kier molecular flexibility index (Phi) is 5.31. The van der Waals surface area contributed by atoms with E-state index in [1.54, 1.807) is 12.4 Å². The van der Waals surface area contributed by atoms with Crippen molar-refractivity contribution in [2.75, 3.05) is 0 Å². The van der Waals surface area contributed by atoms with Crippen molar-refractivity contribution in [2.24, 2.45) is 0 Å². The third-order valence-corrected chi connectivity index (χ3v) is 7.35. The van der Waals surface area contributed by atoms with E-state index in [2.05, 4.69) is 97.3 Å². The standard InChI is InChI=1S/C34H21N5O2/c1-2-4-26(5-3-1)39-31-14-22(24-8-12-29(37-16-24)33-18-35-20-40-33)6-10-27(31)28-11-7-23(15-32(28)39)25-9-13-30(38-17-25)34-19-36-21-41-34/h1-21H. The van der Waals surface area contributed by atoms with Gasteiger partial charge in [0.25, 0.3) is 0 Å². The summed E-state index contributed by atoms with van der Waals surface area (Å²) in [5.41, 5.74) is 9.07. The number of rotatable bonds is 5. The molecule has 5 aromatic heterocycles. The molecule has 41 heavy (non-hydrogen) atoms. The van der Waals surface area contributed by atoms with Gasteiger partial charge in [-0.2, -0.15) is 0 Å². The normalized spacial score (nSPS) is 11.4. The Labute approximate surface area is 234 Å². The first-order chi connectivity index (χ1) is 20.3. The maximum Gasteiger partial charge on any atom is 0.181 e. The SMILES string of the molecule is c1ccc(-n2c3cc(-c4ccc(-c5cnco5)nc4)ccc3c3ccc(-c4ccc(-c5cnco5)nc4)cc32)cc1. The van der Waals surface area contributed by atoms with Crippen LogP contribution < -0.4 is 0 Å². The summed E-state index contributed by atoms with van der Waals surface area (Å²) >= 11 is 0. The first kappa shape index (κ1) is 23.1. The number of nitrogens with zero attached hydrogens (tertiary/aromatic N) is 5. The lowest BCUT2D eigenvalue weighted by Crippen LogP contribution is -1.94. The Morgan fingerprint density at radius 1 is 0.488 bits per heavy atom. The van der Waals surface area contributed by atoms with Crippen LogP contribution in [0.4, 0.5) is 0 Å². The molecule has 0 aliphatic rings. The highest BCUT2D eigenvalue weighted by Gasteiger charge is 2.15. The molecule has 0 saturated heterocycles. The predicted octanol–water partition coefficient (Wildman–Crippen LogP) is 8.22. The molecule has 0 saturated carbocycles. The van der Waals surface area contributed by atoms with Crippen molar-refractivity contribution in [1.29, 1.82) is 0 Å². The second-order valence-electron chi connectivity index (χ2n) is 9.73. The minimum absolute atomic E-state index is 0.648. The van der Waals surface area contributed by atoms with Crippen LogP contribution in [0.15, 0.2) is 137 Å². The predicted molar refractivity (Wildman–Crippen MR) is 158 cm³/mol. The van der Waals surface area contributed by atoms with Crippen molar-refractivity contribution in [3.63, 3.8) is 0 Å². The molecule has 3 aromatic carbocycles. The number of benzene rings is 3. The fraction of sp³-hybridized carbons (Fsp3) is 0. The third kappa shape index (κ3) is 3.99. The molecular formula is C34H21N5O2. The van der Waals surface area contributed by atoms with Gasteiger partial charge in [0.1, 0.15) is 11.4 Å². The van der Waals surface area contributed by atoms with E-state index in [4.69, 9.17) is 8.83 Å². The zero-order valence-corrected chi connectivity index (χ0v) is 21.7. The number of aromatic nitrogens is 5. The Bertz CT molecular complexity index is 1980. The Morgan fingerprint density at radius 3 is 1.44 bits per heavy atom. The van der Waals surface area contributed by atoms with Crippen molar-refractivity contribution >= 4 is 21.8 Å². The largest absolute Gasteiger partial charge is 0.442 e. The molecule has 8 rings (SSSR count). The molecule has 194 valence electrons. The Morgan fingerprint density at radius 2 is 1.00 bits per heavy atom. The van der Waals surface area contributed by atoms with Crippen LogP contribution in [-0.4, -0.2) is 24.5 Å². The van der Waals surface area contributed by atoms with Crippen LogP contribution in [0.3, 0.4) is 0 Å². The number of para-hydroxylation sites is 1. The van der Waals surface area contributed by atoms with Crippen LogP contribution in [0.25, 0.3) is 72.7 Å². The summed E-state index contributed by atoms with van der Waals surface area (Å²) in [6.07, 6.45) is 9.92. The number of hydrogen-bond donors (Lipinski definition) is 0. The lowest BCUT2D eigenvalue weighted by Gasteiger charge is -2.10. The maximum atomic E-state index is 5.40. The lowest BCUT2D eigenvalue weighted by atomic mass is 10.0. The van der Waals surface area contributed by atoms with Crippen LogP contribution >= 0.6 is 0 Å². The summed E-state index contributed by atoms with van der Waals surface area (Å²) < 4.78 is 13.1. The van der Waals surface area contributed by atoms with Crippen molar-refractivity contribution < 1.29 is 8.83 Å². The van der Waals surface area contributed by atoms with E-state index in [-0.39, 0.29) is 0 Å². The maximum absolute atomic E-state index is 5.40. The van der Waals surface area contributed by atoms with E-state index in [0.717, 1.165) is 50.4 Å².